The zero-order valence-corrected chi connectivity index (χ0v) is 17.5. The lowest BCUT2D eigenvalue weighted by atomic mass is 10.1. The molecule has 0 spiro atoms. The Balaban J connectivity index is 0.00000218. The van der Waals surface area contributed by atoms with Crippen molar-refractivity contribution in [3.05, 3.63) is 54.1 Å². The highest BCUT2D eigenvalue weighted by Gasteiger charge is 2.13. The fourth-order valence-corrected chi connectivity index (χ4v) is 4.03. The minimum absolute atomic E-state index is 0. The molecule has 7 nitrogen and oxygen atoms in total. The average Bonchev–Trinajstić information content (AvgIpc) is 3.24. The van der Waals surface area contributed by atoms with Crippen LogP contribution in [0.25, 0.3) is 21.5 Å². The molecule has 1 aliphatic rings. The molecule has 0 atom stereocenters. The number of aromatic nitrogens is 4. The van der Waals surface area contributed by atoms with Gasteiger partial charge in [-0.15, -0.1) is 23.7 Å². The lowest BCUT2D eigenvalue weighted by Gasteiger charge is -2.29. The third kappa shape index (κ3) is 4.18. The van der Waals surface area contributed by atoms with Gasteiger partial charge in [0.25, 0.3) is 0 Å². The zero-order chi connectivity index (χ0) is 19.6. The quantitative estimate of drug-likeness (QED) is 0.495. The number of halogens is 2. The molecule has 0 radical (unpaired) electrons. The number of fused-ring (bicyclic) bond motifs is 1. The van der Waals surface area contributed by atoms with Crippen LogP contribution in [0.1, 0.15) is 0 Å². The number of benzene rings is 1. The molecule has 3 aromatic heterocycles. The van der Waals surface area contributed by atoms with Gasteiger partial charge in [0.05, 0.1) is 33.8 Å². The molecule has 1 aromatic carbocycles. The third-order valence-corrected chi connectivity index (χ3v) is 5.61. The Morgan fingerprint density at radius 3 is 2.70 bits per heavy atom. The van der Waals surface area contributed by atoms with Crippen LogP contribution in [-0.4, -0.2) is 46.1 Å². The number of rotatable bonds is 4. The molecule has 10 heteroatoms. The van der Waals surface area contributed by atoms with Gasteiger partial charge in [0.15, 0.2) is 5.82 Å². The first-order valence-electron chi connectivity index (χ1n) is 9.31. The molecule has 4 aromatic rings. The van der Waals surface area contributed by atoms with Gasteiger partial charge in [0.2, 0.25) is 5.95 Å². The van der Waals surface area contributed by atoms with Crippen molar-refractivity contribution in [2.45, 2.75) is 0 Å². The summed E-state index contributed by atoms with van der Waals surface area (Å²) >= 11 is 1.51. The number of pyridine rings is 1. The van der Waals surface area contributed by atoms with Crippen LogP contribution in [0.5, 0.6) is 0 Å². The second-order valence-electron chi connectivity index (χ2n) is 6.69. The zero-order valence-electron chi connectivity index (χ0n) is 15.9. The summed E-state index contributed by atoms with van der Waals surface area (Å²) in [6.45, 7) is 3.87. The second-order valence-corrected chi connectivity index (χ2v) is 7.58. The van der Waals surface area contributed by atoms with Crippen molar-refractivity contribution >= 4 is 51.4 Å². The van der Waals surface area contributed by atoms with Crippen molar-refractivity contribution in [3.63, 3.8) is 0 Å². The summed E-state index contributed by atoms with van der Waals surface area (Å²) < 4.78 is 15.4. The van der Waals surface area contributed by atoms with Gasteiger partial charge >= 0.3 is 0 Å². The first kappa shape index (κ1) is 20.4. The maximum atomic E-state index is 14.4. The van der Waals surface area contributed by atoms with Crippen molar-refractivity contribution in [3.8, 4) is 11.3 Å². The summed E-state index contributed by atoms with van der Waals surface area (Å²) in [7, 11) is 0. The lowest BCUT2D eigenvalue weighted by Crippen LogP contribution is -2.43. The highest BCUT2D eigenvalue weighted by atomic mass is 35.5. The molecular weight excluding hydrogens is 425 g/mol. The molecule has 1 fully saturated rings. The van der Waals surface area contributed by atoms with E-state index in [1.165, 1.54) is 17.5 Å². The summed E-state index contributed by atoms with van der Waals surface area (Å²) in [6.07, 6.45) is 3.01. The van der Waals surface area contributed by atoms with Gasteiger partial charge in [-0.25, -0.2) is 24.3 Å². The van der Waals surface area contributed by atoms with Gasteiger partial charge < -0.3 is 15.5 Å². The number of anilines is 3. The molecule has 0 amide bonds. The molecule has 0 aliphatic carbocycles. The van der Waals surface area contributed by atoms with E-state index in [9.17, 15) is 4.39 Å². The Labute approximate surface area is 182 Å². The number of piperazine rings is 1. The van der Waals surface area contributed by atoms with Crippen LogP contribution in [0, 0.1) is 5.82 Å². The second kappa shape index (κ2) is 8.86. The number of hydrogen-bond acceptors (Lipinski definition) is 8. The molecule has 5 rings (SSSR count). The smallest absolute Gasteiger partial charge is 0.229 e. The van der Waals surface area contributed by atoms with E-state index in [-0.39, 0.29) is 18.1 Å². The largest absolute Gasteiger partial charge is 0.368 e. The highest BCUT2D eigenvalue weighted by Crippen LogP contribution is 2.27. The van der Waals surface area contributed by atoms with Crippen molar-refractivity contribution in [2.24, 2.45) is 0 Å². The molecular formula is C20H19ClFN7S. The predicted molar refractivity (Wildman–Crippen MR) is 120 cm³/mol. The van der Waals surface area contributed by atoms with Gasteiger partial charge in [0, 0.05) is 31.7 Å². The van der Waals surface area contributed by atoms with Crippen LogP contribution in [0.15, 0.2) is 48.2 Å². The summed E-state index contributed by atoms with van der Waals surface area (Å²) in [5.74, 6) is 0.439. The van der Waals surface area contributed by atoms with Crippen LogP contribution in [0.2, 0.25) is 0 Å². The highest BCUT2D eigenvalue weighted by molar-refractivity contribution is 7.16. The minimum Gasteiger partial charge on any atom is -0.368 e. The fourth-order valence-electron chi connectivity index (χ4n) is 3.32. The van der Waals surface area contributed by atoms with Gasteiger partial charge in [-0.1, -0.05) is 6.07 Å². The van der Waals surface area contributed by atoms with Gasteiger partial charge in [-0.2, -0.15) is 0 Å². The Bertz CT molecular complexity index is 1150. The molecule has 1 saturated heterocycles. The summed E-state index contributed by atoms with van der Waals surface area (Å²) in [5.41, 5.74) is 4.67. The van der Waals surface area contributed by atoms with Gasteiger partial charge in [-0.05, 0) is 24.3 Å². The van der Waals surface area contributed by atoms with Gasteiger partial charge in [-0.3, -0.25) is 0 Å². The van der Waals surface area contributed by atoms with Gasteiger partial charge in [0.1, 0.15) is 11.5 Å². The van der Waals surface area contributed by atoms with E-state index in [1.807, 2.05) is 36.5 Å². The maximum Gasteiger partial charge on any atom is 0.229 e. The number of hydrogen-bond donors (Lipinski definition) is 2. The molecule has 2 N–H and O–H groups in total. The molecule has 154 valence electrons. The normalized spacial score (nSPS) is 13.8. The number of nitrogens with one attached hydrogen (secondary N) is 2. The van der Waals surface area contributed by atoms with Crippen molar-refractivity contribution < 1.29 is 4.39 Å². The van der Waals surface area contributed by atoms with E-state index in [4.69, 9.17) is 0 Å². The molecule has 0 unspecified atom stereocenters. The molecule has 0 bridgehead atoms. The Kier molecular flexibility index (Phi) is 6.03. The Hall–Kier alpha value is -2.88. The summed E-state index contributed by atoms with van der Waals surface area (Å²) in [5, 5.41) is 6.40. The minimum atomic E-state index is -0.471. The lowest BCUT2D eigenvalue weighted by molar-refractivity contribution is 0.589. The SMILES string of the molecule is Cl.Fc1cnc(Nc2ccc(N3CCNCC3)cn2)nc1-c1ccc2ncsc2c1. The summed E-state index contributed by atoms with van der Waals surface area (Å²) in [6, 6.07) is 9.47. The number of thiazole rings is 1. The first-order chi connectivity index (χ1) is 14.3. The van der Waals surface area contributed by atoms with E-state index in [2.05, 4.69) is 35.5 Å². The van der Waals surface area contributed by atoms with Crippen molar-refractivity contribution in [2.75, 3.05) is 36.4 Å². The fraction of sp³-hybridized carbons (Fsp3) is 0.200. The Morgan fingerprint density at radius 1 is 1.03 bits per heavy atom. The maximum absolute atomic E-state index is 14.4. The van der Waals surface area contributed by atoms with Crippen LogP contribution in [0.3, 0.4) is 0 Å². The van der Waals surface area contributed by atoms with Crippen LogP contribution < -0.4 is 15.5 Å². The third-order valence-electron chi connectivity index (χ3n) is 4.82. The monoisotopic (exact) mass is 443 g/mol. The number of nitrogens with zero attached hydrogens (tertiary/aromatic N) is 5. The van der Waals surface area contributed by atoms with E-state index < -0.39 is 5.82 Å². The molecule has 1 aliphatic heterocycles. The van der Waals surface area contributed by atoms with E-state index >= 15 is 0 Å². The van der Waals surface area contributed by atoms with E-state index in [0.717, 1.165) is 42.1 Å². The standard InChI is InChI=1S/C20H18FN7S.ClH/c21-15-11-24-20(27-19(15)13-1-3-16-17(9-13)29-12-25-16)26-18-4-2-14(10-23-18)28-7-5-22-6-8-28;/h1-4,9-12,22H,5-8H2,(H,23,24,26,27);1H. The van der Waals surface area contributed by atoms with Crippen LogP contribution in [0.4, 0.5) is 21.8 Å². The topological polar surface area (TPSA) is 78.9 Å². The average molecular weight is 444 g/mol. The van der Waals surface area contributed by atoms with Crippen LogP contribution in [-0.2, 0) is 0 Å². The van der Waals surface area contributed by atoms with Crippen LogP contribution >= 0.6 is 23.7 Å². The molecule has 30 heavy (non-hydrogen) atoms. The predicted octanol–water partition coefficient (Wildman–Crippen LogP) is 3.86. The molecule has 0 saturated carbocycles. The van der Waals surface area contributed by atoms with Crippen molar-refractivity contribution in [1.29, 1.82) is 0 Å². The summed E-state index contributed by atoms with van der Waals surface area (Å²) in [4.78, 5) is 19.4. The molecule has 4 heterocycles. The van der Waals surface area contributed by atoms with Crippen molar-refractivity contribution in [1.82, 2.24) is 25.3 Å². The first-order valence-corrected chi connectivity index (χ1v) is 10.2. The Morgan fingerprint density at radius 2 is 1.90 bits per heavy atom. The van der Waals surface area contributed by atoms with E-state index in [1.54, 1.807) is 5.51 Å². The van der Waals surface area contributed by atoms with E-state index in [0.29, 0.717) is 17.3 Å².